The van der Waals surface area contributed by atoms with Crippen LogP contribution in [0.5, 0.6) is 0 Å². The lowest BCUT2D eigenvalue weighted by Crippen LogP contribution is -2.37. The van der Waals surface area contributed by atoms with Crippen molar-refractivity contribution in [2.24, 2.45) is 13.0 Å². The van der Waals surface area contributed by atoms with Gasteiger partial charge in [0.1, 0.15) is 5.78 Å². The van der Waals surface area contributed by atoms with Gasteiger partial charge >= 0.3 is 0 Å². The van der Waals surface area contributed by atoms with Gasteiger partial charge in [-0.2, -0.15) is 0 Å². The lowest BCUT2D eigenvalue weighted by atomic mass is 9.94. The van der Waals surface area contributed by atoms with Gasteiger partial charge in [-0.3, -0.25) is 9.69 Å². The number of imidazole rings is 1. The number of Topliss-reactive ketones (excluding diaryl/α,β-unsaturated/α-hetero) is 1. The topological polar surface area (TPSA) is 38.1 Å². The Labute approximate surface area is 96.3 Å². The number of carbonyl (C=O) groups is 1. The maximum absolute atomic E-state index is 11.4. The van der Waals surface area contributed by atoms with Crippen molar-refractivity contribution in [2.45, 2.75) is 26.3 Å². The zero-order chi connectivity index (χ0) is 11.5. The third-order valence-corrected chi connectivity index (χ3v) is 3.38. The average molecular weight is 221 g/mol. The Morgan fingerprint density at radius 3 is 3.06 bits per heavy atom. The van der Waals surface area contributed by atoms with Gasteiger partial charge < -0.3 is 4.57 Å². The number of piperidine rings is 1. The molecule has 4 nitrogen and oxygen atoms in total. The van der Waals surface area contributed by atoms with Crippen molar-refractivity contribution in [1.82, 2.24) is 14.5 Å². The average Bonchev–Trinajstić information content (AvgIpc) is 2.65. The minimum Gasteiger partial charge on any atom is -0.337 e. The summed E-state index contributed by atoms with van der Waals surface area (Å²) in [5, 5.41) is 0. The highest BCUT2D eigenvalue weighted by molar-refractivity contribution is 5.78. The number of rotatable bonds is 3. The first-order valence-corrected chi connectivity index (χ1v) is 5.85. The normalized spacial score (nSPS) is 22.2. The fourth-order valence-electron chi connectivity index (χ4n) is 2.30. The monoisotopic (exact) mass is 221 g/mol. The Morgan fingerprint density at radius 1 is 1.62 bits per heavy atom. The molecule has 1 aromatic heterocycles. The number of aryl methyl sites for hydroxylation is 1. The van der Waals surface area contributed by atoms with E-state index in [1.54, 1.807) is 6.92 Å². The molecule has 0 saturated carbocycles. The summed E-state index contributed by atoms with van der Waals surface area (Å²) in [6.07, 6.45) is 5.90. The number of likely N-dealkylation sites (tertiary alicyclic amines) is 1. The predicted octanol–water partition coefficient (Wildman–Crippen LogP) is 1.22. The molecular weight excluding hydrogens is 202 g/mol. The lowest BCUT2D eigenvalue weighted by Gasteiger charge is -2.31. The summed E-state index contributed by atoms with van der Waals surface area (Å²) in [5.41, 5.74) is 1.21. The van der Waals surface area contributed by atoms with Gasteiger partial charge in [0, 0.05) is 32.3 Å². The Bertz CT molecular complexity index is 372. The molecule has 1 fully saturated rings. The second-order valence-corrected chi connectivity index (χ2v) is 4.68. The molecule has 0 radical (unpaired) electrons. The molecule has 0 spiro atoms. The van der Waals surface area contributed by atoms with Crippen LogP contribution in [0.1, 0.15) is 25.5 Å². The number of carbonyl (C=O) groups excluding carboxylic acids is 1. The molecular formula is C12H19N3O. The summed E-state index contributed by atoms with van der Waals surface area (Å²) >= 11 is 0. The maximum atomic E-state index is 11.4. The summed E-state index contributed by atoms with van der Waals surface area (Å²) in [4.78, 5) is 17.8. The first kappa shape index (κ1) is 11.3. The van der Waals surface area contributed by atoms with E-state index in [1.807, 2.05) is 24.1 Å². The van der Waals surface area contributed by atoms with Crippen molar-refractivity contribution in [2.75, 3.05) is 13.1 Å². The fourth-order valence-corrected chi connectivity index (χ4v) is 2.30. The summed E-state index contributed by atoms with van der Waals surface area (Å²) < 4.78 is 2.04. The lowest BCUT2D eigenvalue weighted by molar-refractivity contribution is -0.122. The van der Waals surface area contributed by atoms with Crippen LogP contribution in [-0.4, -0.2) is 33.3 Å². The third kappa shape index (κ3) is 2.50. The number of hydrogen-bond acceptors (Lipinski definition) is 3. The van der Waals surface area contributed by atoms with Crippen molar-refractivity contribution < 1.29 is 4.79 Å². The van der Waals surface area contributed by atoms with E-state index in [9.17, 15) is 4.79 Å². The van der Waals surface area contributed by atoms with E-state index in [1.165, 1.54) is 5.69 Å². The molecule has 1 saturated heterocycles. The number of nitrogens with zero attached hydrogens (tertiary/aromatic N) is 3. The number of ketones is 1. The Balaban J connectivity index is 1.95. The molecule has 0 aliphatic carbocycles. The largest absolute Gasteiger partial charge is 0.337 e. The van der Waals surface area contributed by atoms with Crippen LogP contribution >= 0.6 is 0 Å². The standard InChI is InChI=1S/C12H19N3O/c1-10(16)11-4-3-5-15(7-11)8-12-6-13-9-14(12)2/h6,9,11H,3-5,7-8H2,1-2H3. The van der Waals surface area contributed by atoms with Crippen molar-refractivity contribution in [1.29, 1.82) is 0 Å². The molecule has 2 rings (SSSR count). The van der Waals surface area contributed by atoms with Crippen LogP contribution in [0.15, 0.2) is 12.5 Å². The molecule has 2 heterocycles. The van der Waals surface area contributed by atoms with Crippen LogP contribution < -0.4 is 0 Å². The van der Waals surface area contributed by atoms with Gasteiger partial charge in [-0.15, -0.1) is 0 Å². The second kappa shape index (κ2) is 4.78. The minimum atomic E-state index is 0.238. The molecule has 0 N–H and O–H groups in total. The SMILES string of the molecule is CC(=O)C1CCCN(Cc2cncn2C)C1. The first-order chi connectivity index (χ1) is 7.66. The molecule has 16 heavy (non-hydrogen) atoms. The second-order valence-electron chi connectivity index (χ2n) is 4.68. The van der Waals surface area contributed by atoms with Gasteiger partial charge in [0.05, 0.1) is 12.0 Å². The minimum absolute atomic E-state index is 0.238. The van der Waals surface area contributed by atoms with E-state index in [4.69, 9.17) is 0 Å². The zero-order valence-corrected chi connectivity index (χ0v) is 10.0. The van der Waals surface area contributed by atoms with E-state index in [2.05, 4.69) is 9.88 Å². The van der Waals surface area contributed by atoms with Crippen molar-refractivity contribution in [3.8, 4) is 0 Å². The first-order valence-electron chi connectivity index (χ1n) is 5.85. The van der Waals surface area contributed by atoms with E-state index in [0.717, 1.165) is 32.5 Å². The molecule has 0 bridgehead atoms. The highest BCUT2D eigenvalue weighted by Crippen LogP contribution is 2.18. The molecule has 4 heteroatoms. The van der Waals surface area contributed by atoms with Gasteiger partial charge in [-0.05, 0) is 26.3 Å². The van der Waals surface area contributed by atoms with Crippen molar-refractivity contribution in [3.05, 3.63) is 18.2 Å². The molecule has 1 aromatic rings. The van der Waals surface area contributed by atoms with Crippen molar-refractivity contribution in [3.63, 3.8) is 0 Å². The Kier molecular flexibility index (Phi) is 3.39. The third-order valence-electron chi connectivity index (χ3n) is 3.38. The molecule has 88 valence electrons. The van der Waals surface area contributed by atoms with E-state index in [-0.39, 0.29) is 5.92 Å². The Morgan fingerprint density at radius 2 is 2.44 bits per heavy atom. The van der Waals surface area contributed by atoms with Gasteiger partial charge in [0.2, 0.25) is 0 Å². The van der Waals surface area contributed by atoms with E-state index >= 15 is 0 Å². The van der Waals surface area contributed by atoms with Gasteiger partial charge in [0.25, 0.3) is 0 Å². The van der Waals surface area contributed by atoms with Crippen LogP contribution in [0.3, 0.4) is 0 Å². The van der Waals surface area contributed by atoms with Gasteiger partial charge in [0.15, 0.2) is 0 Å². The van der Waals surface area contributed by atoms with Crippen molar-refractivity contribution >= 4 is 5.78 Å². The molecule has 1 unspecified atom stereocenters. The highest BCUT2D eigenvalue weighted by atomic mass is 16.1. The van der Waals surface area contributed by atoms with Crippen LogP contribution in [0.4, 0.5) is 0 Å². The summed E-state index contributed by atoms with van der Waals surface area (Å²) in [7, 11) is 2.01. The molecule has 1 atom stereocenters. The number of hydrogen-bond donors (Lipinski definition) is 0. The van der Waals surface area contributed by atoms with Gasteiger partial charge in [-0.25, -0.2) is 4.98 Å². The van der Waals surface area contributed by atoms with Crippen LogP contribution in [0.2, 0.25) is 0 Å². The molecule has 1 aliphatic heterocycles. The fraction of sp³-hybridized carbons (Fsp3) is 0.667. The van der Waals surface area contributed by atoms with Crippen LogP contribution in [0, 0.1) is 5.92 Å². The Hall–Kier alpha value is -1.16. The maximum Gasteiger partial charge on any atom is 0.134 e. The van der Waals surface area contributed by atoms with Crippen LogP contribution in [0.25, 0.3) is 0 Å². The van der Waals surface area contributed by atoms with E-state index < -0.39 is 0 Å². The highest BCUT2D eigenvalue weighted by Gasteiger charge is 2.23. The van der Waals surface area contributed by atoms with Gasteiger partial charge in [-0.1, -0.05) is 0 Å². The van der Waals surface area contributed by atoms with E-state index in [0.29, 0.717) is 5.78 Å². The number of aromatic nitrogens is 2. The molecule has 0 amide bonds. The zero-order valence-electron chi connectivity index (χ0n) is 10.0. The molecule has 0 aromatic carbocycles. The molecule has 1 aliphatic rings. The summed E-state index contributed by atoms with van der Waals surface area (Å²) in [6.45, 7) is 4.61. The predicted molar refractivity (Wildman–Crippen MR) is 61.9 cm³/mol. The smallest absolute Gasteiger partial charge is 0.134 e. The quantitative estimate of drug-likeness (QED) is 0.770. The van der Waals surface area contributed by atoms with Crippen LogP contribution in [-0.2, 0) is 18.4 Å². The summed E-state index contributed by atoms with van der Waals surface area (Å²) in [5.74, 6) is 0.566. The summed E-state index contributed by atoms with van der Waals surface area (Å²) in [6, 6.07) is 0.